The number of amides is 1. The van der Waals surface area contributed by atoms with Crippen LogP contribution in [0.5, 0.6) is 11.5 Å². The molecule has 0 aromatic heterocycles. The minimum absolute atomic E-state index is 0.328. The summed E-state index contributed by atoms with van der Waals surface area (Å²) in [5.74, 6) is -1.76. The molecule has 1 amide bonds. The molecule has 0 aliphatic carbocycles. The number of carboxylic acids is 1. The van der Waals surface area contributed by atoms with Crippen molar-refractivity contribution in [3.63, 3.8) is 0 Å². The molecule has 2 bridgehead atoms. The van der Waals surface area contributed by atoms with E-state index in [1.807, 2.05) is 0 Å². The van der Waals surface area contributed by atoms with Crippen molar-refractivity contribution in [2.45, 2.75) is 25.0 Å². The van der Waals surface area contributed by atoms with Crippen molar-refractivity contribution in [2.75, 3.05) is 19.5 Å². The first kappa shape index (κ1) is 15.6. The van der Waals surface area contributed by atoms with Crippen LogP contribution >= 0.6 is 0 Å². The van der Waals surface area contributed by atoms with Crippen LogP contribution in [0.3, 0.4) is 0 Å². The molecule has 0 spiro atoms. The Bertz CT molecular complexity index is 631. The summed E-state index contributed by atoms with van der Waals surface area (Å²) in [4.78, 5) is 24.1. The maximum absolute atomic E-state index is 12.6. The number of ether oxygens (including phenoxy) is 3. The summed E-state index contributed by atoms with van der Waals surface area (Å²) in [5, 5.41) is 12.2. The molecule has 2 N–H and O–H groups in total. The van der Waals surface area contributed by atoms with Gasteiger partial charge in [-0.2, -0.15) is 0 Å². The van der Waals surface area contributed by atoms with Gasteiger partial charge in [-0.3, -0.25) is 9.59 Å². The van der Waals surface area contributed by atoms with Crippen LogP contribution in [0, 0.1) is 11.8 Å². The van der Waals surface area contributed by atoms with Crippen LogP contribution in [0.2, 0.25) is 0 Å². The number of carbonyl (C=O) groups is 2. The van der Waals surface area contributed by atoms with Gasteiger partial charge in [0.1, 0.15) is 11.5 Å². The van der Waals surface area contributed by atoms with Crippen molar-refractivity contribution in [1.29, 1.82) is 0 Å². The highest BCUT2D eigenvalue weighted by Gasteiger charge is 2.55. The molecule has 7 nitrogen and oxygen atoms in total. The SMILES string of the molecule is COc1ccc(NC(=O)[C@H]2[C@H](C(=O)O)[C@H]3CC[C@H]2O3)c(OC)c1. The van der Waals surface area contributed by atoms with Gasteiger partial charge in [-0.05, 0) is 25.0 Å². The van der Waals surface area contributed by atoms with Crippen LogP contribution in [0.4, 0.5) is 5.69 Å². The lowest BCUT2D eigenvalue weighted by atomic mass is 9.78. The fourth-order valence-corrected chi connectivity index (χ4v) is 3.44. The lowest BCUT2D eigenvalue weighted by molar-refractivity contribution is -0.147. The van der Waals surface area contributed by atoms with E-state index in [2.05, 4.69) is 5.32 Å². The monoisotopic (exact) mass is 321 g/mol. The van der Waals surface area contributed by atoms with E-state index in [0.29, 0.717) is 30.0 Å². The summed E-state index contributed by atoms with van der Waals surface area (Å²) < 4.78 is 16.0. The van der Waals surface area contributed by atoms with E-state index >= 15 is 0 Å². The Hall–Kier alpha value is -2.28. The smallest absolute Gasteiger partial charge is 0.310 e. The fourth-order valence-electron chi connectivity index (χ4n) is 3.44. The molecule has 4 atom stereocenters. The van der Waals surface area contributed by atoms with Crippen molar-refractivity contribution in [1.82, 2.24) is 0 Å². The Labute approximate surface area is 133 Å². The molecule has 0 radical (unpaired) electrons. The Morgan fingerprint density at radius 3 is 2.48 bits per heavy atom. The molecular formula is C16H19NO6. The van der Waals surface area contributed by atoms with Gasteiger partial charge in [-0.1, -0.05) is 0 Å². The third kappa shape index (κ3) is 2.72. The normalized spacial score (nSPS) is 28.4. The highest BCUT2D eigenvalue weighted by molar-refractivity contribution is 5.97. The van der Waals surface area contributed by atoms with Crippen LogP contribution in [0.15, 0.2) is 18.2 Å². The number of hydrogen-bond donors (Lipinski definition) is 2. The molecule has 1 aromatic carbocycles. The van der Waals surface area contributed by atoms with Crippen LogP contribution in [0.1, 0.15) is 12.8 Å². The number of carboxylic acid groups (broad SMARTS) is 1. The topological polar surface area (TPSA) is 94.1 Å². The lowest BCUT2D eigenvalue weighted by Crippen LogP contribution is -2.41. The predicted molar refractivity (Wildman–Crippen MR) is 80.7 cm³/mol. The number of hydrogen-bond acceptors (Lipinski definition) is 5. The first-order valence-electron chi connectivity index (χ1n) is 7.46. The summed E-state index contributed by atoms with van der Waals surface area (Å²) in [5.41, 5.74) is 0.477. The highest BCUT2D eigenvalue weighted by Crippen LogP contribution is 2.44. The summed E-state index contributed by atoms with van der Waals surface area (Å²) in [6, 6.07) is 5.02. The second-order valence-corrected chi connectivity index (χ2v) is 5.74. The molecule has 3 rings (SSSR count). The standard InChI is InChI=1S/C16H19NO6/c1-21-8-3-4-9(12(7-8)22-2)17-15(18)13-10-5-6-11(23-10)14(13)16(19)20/h3-4,7,10-11,13-14H,5-6H2,1-2H3,(H,17,18)(H,19,20)/t10-,11-,13-,14-/m1/s1. The van der Waals surface area contributed by atoms with Crippen LogP contribution in [-0.4, -0.2) is 43.4 Å². The lowest BCUT2D eigenvalue weighted by Gasteiger charge is -2.24. The largest absolute Gasteiger partial charge is 0.497 e. The first-order valence-corrected chi connectivity index (χ1v) is 7.46. The minimum Gasteiger partial charge on any atom is -0.497 e. The van der Waals surface area contributed by atoms with E-state index in [9.17, 15) is 14.7 Å². The fraction of sp³-hybridized carbons (Fsp3) is 0.500. The quantitative estimate of drug-likeness (QED) is 0.854. The molecule has 124 valence electrons. The number of rotatable bonds is 5. The Kier molecular flexibility index (Phi) is 4.12. The zero-order valence-corrected chi connectivity index (χ0v) is 12.9. The van der Waals surface area contributed by atoms with Gasteiger partial charge in [0.05, 0.1) is 44.0 Å². The minimum atomic E-state index is -0.987. The number of benzene rings is 1. The van der Waals surface area contributed by atoms with Gasteiger partial charge in [0, 0.05) is 6.07 Å². The zero-order valence-electron chi connectivity index (χ0n) is 12.9. The van der Waals surface area contributed by atoms with Gasteiger partial charge in [0.25, 0.3) is 0 Å². The molecule has 2 fully saturated rings. The average molecular weight is 321 g/mol. The number of nitrogens with one attached hydrogen (secondary N) is 1. The maximum atomic E-state index is 12.6. The van der Waals surface area contributed by atoms with E-state index in [0.717, 1.165) is 0 Å². The second-order valence-electron chi connectivity index (χ2n) is 5.74. The number of fused-ring (bicyclic) bond motifs is 2. The van der Waals surface area contributed by atoms with E-state index < -0.39 is 17.8 Å². The molecule has 2 aliphatic rings. The molecule has 7 heteroatoms. The highest BCUT2D eigenvalue weighted by atomic mass is 16.5. The molecule has 0 saturated carbocycles. The van der Waals surface area contributed by atoms with Gasteiger partial charge in [0.15, 0.2) is 0 Å². The summed E-state index contributed by atoms with van der Waals surface area (Å²) >= 11 is 0. The van der Waals surface area contributed by atoms with E-state index in [4.69, 9.17) is 14.2 Å². The van der Waals surface area contributed by atoms with Crippen molar-refractivity contribution in [3.8, 4) is 11.5 Å². The van der Waals surface area contributed by atoms with Crippen LogP contribution in [0.25, 0.3) is 0 Å². The van der Waals surface area contributed by atoms with Crippen molar-refractivity contribution >= 4 is 17.6 Å². The van der Waals surface area contributed by atoms with Crippen LogP contribution in [-0.2, 0) is 14.3 Å². The third-order valence-electron chi connectivity index (χ3n) is 4.53. The molecule has 2 saturated heterocycles. The third-order valence-corrected chi connectivity index (χ3v) is 4.53. The molecule has 2 aliphatic heterocycles. The Morgan fingerprint density at radius 1 is 1.17 bits per heavy atom. The average Bonchev–Trinajstić information content (AvgIpc) is 3.16. The van der Waals surface area contributed by atoms with Gasteiger partial charge >= 0.3 is 5.97 Å². The number of aliphatic carboxylic acids is 1. The Morgan fingerprint density at radius 2 is 1.87 bits per heavy atom. The van der Waals surface area contributed by atoms with E-state index in [1.165, 1.54) is 14.2 Å². The van der Waals surface area contributed by atoms with Gasteiger partial charge in [0.2, 0.25) is 5.91 Å². The molecule has 23 heavy (non-hydrogen) atoms. The van der Waals surface area contributed by atoms with Crippen molar-refractivity contribution in [3.05, 3.63) is 18.2 Å². The maximum Gasteiger partial charge on any atom is 0.310 e. The predicted octanol–water partition coefficient (Wildman–Crippen LogP) is 1.52. The van der Waals surface area contributed by atoms with Gasteiger partial charge in [-0.15, -0.1) is 0 Å². The number of anilines is 1. The zero-order chi connectivity index (χ0) is 16.6. The van der Waals surface area contributed by atoms with Gasteiger partial charge < -0.3 is 24.6 Å². The second kappa shape index (κ2) is 6.08. The van der Waals surface area contributed by atoms with Crippen LogP contribution < -0.4 is 14.8 Å². The molecular weight excluding hydrogens is 302 g/mol. The van der Waals surface area contributed by atoms with E-state index in [1.54, 1.807) is 18.2 Å². The molecule has 2 heterocycles. The molecule has 1 aromatic rings. The summed E-state index contributed by atoms with van der Waals surface area (Å²) in [6.45, 7) is 0. The van der Waals surface area contributed by atoms with E-state index in [-0.39, 0.29) is 18.1 Å². The summed E-state index contributed by atoms with van der Waals surface area (Å²) in [6.07, 6.45) is 0.708. The van der Waals surface area contributed by atoms with Crippen molar-refractivity contribution in [2.24, 2.45) is 11.8 Å². The number of carbonyl (C=O) groups excluding carboxylic acids is 1. The van der Waals surface area contributed by atoms with Gasteiger partial charge in [-0.25, -0.2) is 0 Å². The Balaban J connectivity index is 1.80. The summed E-state index contributed by atoms with van der Waals surface area (Å²) in [7, 11) is 3.03. The number of methoxy groups -OCH3 is 2. The molecule has 0 unspecified atom stereocenters. The van der Waals surface area contributed by atoms with Crippen molar-refractivity contribution < 1.29 is 28.9 Å². The first-order chi connectivity index (χ1) is 11.0.